The van der Waals surface area contributed by atoms with Gasteiger partial charge in [-0.1, -0.05) is 12.1 Å². The average molecular weight is 330 g/mol. The molecule has 2 heterocycles. The van der Waals surface area contributed by atoms with E-state index in [1.165, 1.54) is 0 Å². The van der Waals surface area contributed by atoms with Crippen molar-refractivity contribution >= 4 is 6.03 Å². The van der Waals surface area contributed by atoms with Crippen LogP contribution in [0.4, 0.5) is 4.79 Å². The molecule has 3 rings (SSSR count). The van der Waals surface area contributed by atoms with Crippen molar-refractivity contribution in [3.05, 3.63) is 53.5 Å². The lowest BCUT2D eigenvalue weighted by atomic mass is 10.1. The highest BCUT2D eigenvalue weighted by molar-refractivity contribution is 5.73. The molecule has 0 aliphatic carbocycles. The first kappa shape index (κ1) is 16.4. The first-order chi connectivity index (χ1) is 11.7. The van der Waals surface area contributed by atoms with Gasteiger partial charge in [0.15, 0.2) is 0 Å². The highest BCUT2D eigenvalue weighted by Crippen LogP contribution is 2.23. The molecule has 0 saturated carbocycles. The zero-order valence-electron chi connectivity index (χ0n) is 13.7. The Morgan fingerprint density at radius 2 is 2.17 bits per heavy atom. The Kier molecular flexibility index (Phi) is 5.38. The maximum absolute atomic E-state index is 11.9. The van der Waals surface area contributed by atoms with Gasteiger partial charge in [-0.3, -0.25) is 0 Å². The Bertz CT molecular complexity index is 664. The molecule has 0 spiro atoms. The maximum Gasteiger partial charge on any atom is 0.315 e. The summed E-state index contributed by atoms with van der Waals surface area (Å²) in [6.07, 6.45) is 2.56. The fraction of sp³-hybridized carbons (Fsp3) is 0.389. The fourth-order valence-electron chi connectivity index (χ4n) is 2.52. The minimum absolute atomic E-state index is 0.0818. The third kappa shape index (κ3) is 4.52. The standard InChI is InChI=1S/C18H22N2O4/c1-13-4-5-14(17(9-13)24-16-6-8-22-12-16)10-19-18(21)20-11-15-3-2-7-23-15/h2-5,7,9,16H,6,8,10-12H2,1H3,(H2,19,20,21)/t16-/m1/s1. The van der Waals surface area contributed by atoms with Crippen molar-refractivity contribution in [3.63, 3.8) is 0 Å². The van der Waals surface area contributed by atoms with Gasteiger partial charge < -0.3 is 24.5 Å². The van der Waals surface area contributed by atoms with E-state index in [0.29, 0.717) is 25.5 Å². The largest absolute Gasteiger partial charge is 0.488 e. The van der Waals surface area contributed by atoms with Crippen LogP contribution in [-0.2, 0) is 17.8 Å². The van der Waals surface area contributed by atoms with Crippen LogP contribution in [-0.4, -0.2) is 25.3 Å². The number of hydrogen-bond donors (Lipinski definition) is 2. The zero-order valence-corrected chi connectivity index (χ0v) is 13.7. The van der Waals surface area contributed by atoms with E-state index in [1.807, 2.05) is 31.2 Å². The lowest BCUT2D eigenvalue weighted by molar-refractivity contribution is 0.140. The van der Waals surface area contributed by atoms with Crippen LogP contribution in [0.15, 0.2) is 41.0 Å². The van der Waals surface area contributed by atoms with Crippen molar-refractivity contribution in [2.24, 2.45) is 0 Å². The Hall–Kier alpha value is -2.47. The summed E-state index contributed by atoms with van der Waals surface area (Å²) in [4.78, 5) is 11.9. The molecule has 1 atom stereocenters. The van der Waals surface area contributed by atoms with E-state index >= 15 is 0 Å². The number of urea groups is 1. The highest BCUT2D eigenvalue weighted by Gasteiger charge is 2.18. The number of carbonyl (C=O) groups is 1. The smallest absolute Gasteiger partial charge is 0.315 e. The molecule has 0 bridgehead atoms. The predicted molar refractivity (Wildman–Crippen MR) is 88.8 cm³/mol. The van der Waals surface area contributed by atoms with E-state index in [1.54, 1.807) is 12.3 Å². The second-order valence-electron chi connectivity index (χ2n) is 5.83. The SMILES string of the molecule is Cc1ccc(CNC(=O)NCc2ccco2)c(O[C@@H]2CCOC2)c1. The van der Waals surface area contributed by atoms with Crippen molar-refractivity contribution in [2.45, 2.75) is 32.5 Å². The van der Waals surface area contributed by atoms with Gasteiger partial charge >= 0.3 is 6.03 Å². The summed E-state index contributed by atoms with van der Waals surface area (Å²) in [7, 11) is 0. The number of furan rings is 1. The van der Waals surface area contributed by atoms with Gasteiger partial charge in [-0.05, 0) is 30.7 Å². The van der Waals surface area contributed by atoms with Crippen LogP contribution < -0.4 is 15.4 Å². The monoisotopic (exact) mass is 330 g/mol. The molecule has 1 aromatic carbocycles. The molecule has 128 valence electrons. The van der Waals surface area contributed by atoms with Gasteiger partial charge in [0.2, 0.25) is 0 Å². The van der Waals surface area contributed by atoms with Crippen LogP contribution in [0.3, 0.4) is 0 Å². The zero-order chi connectivity index (χ0) is 16.8. The van der Waals surface area contributed by atoms with Crippen molar-refractivity contribution < 1.29 is 18.7 Å². The molecule has 0 radical (unpaired) electrons. The van der Waals surface area contributed by atoms with Crippen molar-refractivity contribution in [1.82, 2.24) is 10.6 Å². The first-order valence-electron chi connectivity index (χ1n) is 8.09. The van der Waals surface area contributed by atoms with Gasteiger partial charge in [-0.2, -0.15) is 0 Å². The molecule has 6 heteroatoms. The van der Waals surface area contributed by atoms with Crippen molar-refractivity contribution in [1.29, 1.82) is 0 Å². The van der Waals surface area contributed by atoms with Gasteiger partial charge in [0.25, 0.3) is 0 Å². The number of rotatable bonds is 6. The normalized spacial score (nSPS) is 16.8. The summed E-state index contributed by atoms with van der Waals surface area (Å²) in [6, 6.07) is 9.34. The number of amides is 2. The molecule has 2 N–H and O–H groups in total. The van der Waals surface area contributed by atoms with Crippen LogP contribution >= 0.6 is 0 Å². The highest BCUT2D eigenvalue weighted by atomic mass is 16.5. The molecular weight excluding hydrogens is 308 g/mol. The van der Waals surface area contributed by atoms with Gasteiger partial charge in [-0.25, -0.2) is 4.79 Å². The summed E-state index contributed by atoms with van der Waals surface area (Å²) < 4.78 is 16.6. The van der Waals surface area contributed by atoms with Gasteiger partial charge in [0.1, 0.15) is 17.6 Å². The molecule has 2 amide bonds. The number of hydrogen-bond acceptors (Lipinski definition) is 4. The maximum atomic E-state index is 11.9. The minimum atomic E-state index is -0.248. The molecule has 24 heavy (non-hydrogen) atoms. The Balaban J connectivity index is 1.54. The molecule has 1 aromatic heterocycles. The van der Waals surface area contributed by atoms with E-state index < -0.39 is 0 Å². The second kappa shape index (κ2) is 7.88. The van der Waals surface area contributed by atoms with Crippen LogP contribution in [0.2, 0.25) is 0 Å². The average Bonchev–Trinajstić information content (AvgIpc) is 3.26. The molecule has 1 saturated heterocycles. The van der Waals surface area contributed by atoms with Gasteiger partial charge in [0, 0.05) is 18.5 Å². The quantitative estimate of drug-likeness (QED) is 0.854. The van der Waals surface area contributed by atoms with E-state index in [2.05, 4.69) is 10.6 Å². The number of carbonyl (C=O) groups excluding carboxylic acids is 1. The van der Waals surface area contributed by atoms with Crippen LogP contribution in [0.5, 0.6) is 5.75 Å². The number of aryl methyl sites for hydroxylation is 1. The Morgan fingerprint density at radius 1 is 1.29 bits per heavy atom. The third-order valence-electron chi connectivity index (χ3n) is 3.85. The van der Waals surface area contributed by atoms with Crippen LogP contribution in [0, 0.1) is 6.92 Å². The van der Waals surface area contributed by atoms with Gasteiger partial charge in [-0.15, -0.1) is 0 Å². The number of benzene rings is 1. The number of nitrogens with one attached hydrogen (secondary N) is 2. The first-order valence-corrected chi connectivity index (χ1v) is 8.09. The van der Waals surface area contributed by atoms with E-state index in [4.69, 9.17) is 13.9 Å². The second-order valence-corrected chi connectivity index (χ2v) is 5.83. The minimum Gasteiger partial charge on any atom is -0.488 e. The van der Waals surface area contributed by atoms with Crippen molar-refractivity contribution in [2.75, 3.05) is 13.2 Å². The van der Waals surface area contributed by atoms with E-state index in [-0.39, 0.29) is 12.1 Å². The molecule has 1 fully saturated rings. The van der Waals surface area contributed by atoms with E-state index in [0.717, 1.165) is 29.9 Å². The lowest BCUT2D eigenvalue weighted by Gasteiger charge is -2.17. The van der Waals surface area contributed by atoms with Crippen LogP contribution in [0.1, 0.15) is 23.3 Å². The molecule has 1 aliphatic rings. The van der Waals surface area contributed by atoms with Crippen LogP contribution in [0.25, 0.3) is 0 Å². The molecule has 2 aromatic rings. The van der Waals surface area contributed by atoms with E-state index in [9.17, 15) is 4.79 Å². The molecule has 6 nitrogen and oxygen atoms in total. The summed E-state index contributed by atoms with van der Waals surface area (Å²) in [6.45, 7) is 4.12. The summed E-state index contributed by atoms with van der Waals surface area (Å²) in [5.41, 5.74) is 2.07. The molecule has 0 unspecified atom stereocenters. The summed E-state index contributed by atoms with van der Waals surface area (Å²) in [5, 5.41) is 5.60. The fourth-order valence-corrected chi connectivity index (χ4v) is 2.52. The molecule has 1 aliphatic heterocycles. The summed E-state index contributed by atoms with van der Waals surface area (Å²) >= 11 is 0. The predicted octanol–water partition coefficient (Wildman–Crippen LogP) is 2.76. The lowest BCUT2D eigenvalue weighted by Crippen LogP contribution is -2.34. The molecular formula is C18H22N2O4. The Morgan fingerprint density at radius 3 is 2.92 bits per heavy atom. The Labute approximate surface area is 141 Å². The van der Waals surface area contributed by atoms with Crippen molar-refractivity contribution in [3.8, 4) is 5.75 Å². The van der Waals surface area contributed by atoms with Gasteiger partial charge in [0.05, 0.1) is 26.0 Å². The summed E-state index contributed by atoms with van der Waals surface area (Å²) in [5.74, 6) is 1.52. The third-order valence-corrected chi connectivity index (χ3v) is 3.85. The number of ether oxygens (including phenoxy) is 2. The topological polar surface area (TPSA) is 72.7 Å².